The highest BCUT2D eigenvalue weighted by Crippen LogP contribution is 2.25. The van der Waals surface area contributed by atoms with Gasteiger partial charge in [-0.2, -0.15) is 0 Å². The van der Waals surface area contributed by atoms with Crippen LogP contribution in [0.5, 0.6) is 0 Å². The number of fused-ring (bicyclic) bond motifs is 1. The van der Waals surface area contributed by atoms with Gasteiger partial charge in [0.25, 0.3) is 0 Å². The molecule has 0 aliphatic heterocycles. The van der Waals surface area contributed by atoms with E-state index in [1.807, 2.05) is 23.8 Å². The Hall–Kier alpha value is -1.32. The van der Waals surface area contributed by atoms with E-state index in [1.165, 1.54) is 10.4 Å². The van der Waals surface area contributed by atoms with E-state index in [9.17, 15) is 0 Å². The van der Waals surface area contributed by atoms with Crippen LogP contribution in [-0.2, 0) is 6.54 Å². The van der Waals surface area contributed by atoms with Crippen LogP contribution >= 0.6 is 22.9 Å². The Morgan fingerprint density at radius 1 is 1.31 bits per heavy atom. The monoisotopic (exact) mass is 248 g/mol. The zero-order chi connectivity index (χ0) is 11.0. The van der Waals surface area contributed by atoms with Crippen molar-refractivity contribution in [3.8, 4) is 0 Å². The van der Waals surface area contributed by atoms with E-state index in [0.717, 1.165) is 17.0 Å². The van der Waals surface area contributed by atoms with Crippen molar-refractivity contribution >= 4 is 33.8 Å². The van der Waals surface area contributed by atoms with E-state index in [1.54, 1.807) is 11.3 Å². The molecule has 0 saturated carbocycles. The molecule has 2 aromatic heterocycles. The largest absolute Gasteiger partial charge is 0.342 e. The fraction of sp³-hybridized carbons (Fsp3) is 0.0833. The number of benzene rings is 1. The molecule has 0 bridgehead atoms. The van der Waals surface area contributed by atoms with Crippen molar-refractivity contribution in [1.82, 2.24) is 9.55 Å². The molecule has 16 heavy (non-hydrogen) atoms. The Kier molecular flexibility index (Phi) is 2.42. The summed E-state index contributed by atoms with van der Waals surface area (Å²) in [5, 5.41) is 1.91. The lowest BCUT2D eigenvalue weighted by atomic mass is 10.2. The average Bonchev–Trinajstić information content (AvgIpc) is 2.90. The molecule has 0 radical (unpaired) electrons. The van der Waals surface area contributed by atoms with Gasteiger partial charge in [0.15, 0.2) is 0 Å². The summed E-state index contributed by atoms with van der Waals surface area (Å²) in [6.07, 6.45) is 3.97. The molecule has 0 amide bonds. The van der Waals surface area contributed by atoms with Gasteiger partial charge in [-0.1, -0.05) is 17.7 Å². The predicted molar refractivity (Wildman–Crippen MR) is 68.2 cm³/mol. The summed E-state index contributed by atoms with van der Waals surface area (Å²) in [7, 11) is 0. The van der Waals surface area contributed by atoms with Gasteiger partial charge in [0.1, 0.15) is 0 Å². The van der Waals surface area contributed by atoms with E-state index >= 15 is 0 Å². The first kappa shape index (κ1) is 9.87. The molecule has 1 aromatic carbocycles. The van der Waals surface area contributed by atoms with Crippen LogP contribution in [0.3, 0.4) is 0 Å². The van der Waals surface area contributed by atoms with Crippen molar-refractivity contribution in [1.29, 1.82) is 0 Å². The van der Waals surface area contributed by atoms with Gasteiger partial charge >= 0.3 is 0 Å². The van der Waals surface area contributed by atoms with Crippen LogP contribution < -0.4 is 0 Å². The van der Waals surface area contributed by atoms with Gasteiger partial charge < -0.3 is 4.57 Å². The third-order valence-corrected chi connectivity index (χ3v) is 3.66. The smallest absolute Gasteiger partial charge is 0.0794 e. The molecular weight excluding hydrogens is 240 g/mol. The molecule has 0 atom stereocenters. The van der Waals surface area contributed by atoms with E-state index in [0.29, 0.717) is 0 Å². The molecule has 0 aliphatic rings. The van der Waals surface area contributed by atoms with E-state index in [4.69, 9.17) is 11.6 Å². The van der Waals surface area contributed by atoms with Gasteiger partial charge in [0.05, 0.1) is 12.1 Å². The quantitative estimate of drug-likeness (QED) is 0.675. The number of hydrogen-bond acceptors (Lipinski definition) is 2. The summed E-state index contributed by atoms with van der Waals surface area (Å²) in [6.45, 7) is 0.856. The predicted octanol–water partition coefficient (Wildman–Crippen LogP) is 3.80. The number of halogens is 1. The van der Waals surface area contributed by atoms with Crippen molar-refractivity contribution in [2.24, 2.45) is 0 Å². The summed E-state index contributed by atoms with van der Waals surface area (Å²) in [5.74, 6) is 0. The second kappa shape index (κ2) is 3.92. The number of hydrogen-bond donors (Lipinski definition) is 0. The highest BCUT2D eigenvalue weighted by atomic mass is 35.5. The molecule has 0 spiro atoms. The standard InChI is InChI=1S/C12H9ClN2S/c13-11-2-1-3-12-10(11)4-5-15(12)7-9-6-14-8-16-9/h1-6,8H,7H2. The topological polar surface area (TPSA) is 17.8 Å². The molecule has 4 heteroatoms. The van der Waals surface area contributed by atoms with Crippen LogP contribution in [-0.4, -0.2) is 9.55 Å². The maximum absolute atomic E-state index is 6.13. The first-order valence-corrected chi connectivity index (χ1v) is 6.21. The van der Waals surface area contributed by atoms with E-state index < -0.39 is 0 Å². The Morgan fingerprint density at radius 3 is 3.06 bits per heavy atom. The molecule has 0 aliphatic carbocycles. The Morgan fingerprint density at radius 2 is 2.25 bits per heavy atom. The third kappa shape index (κ3) is 1.62. The summed E-state index contributed by atoms with van der Waals surface area (Å²) in [5.41, 5.74) is 3.02. The SMILES string of the molecule is Clc1cccc2c1ccn2Cc1cncs1. The van der Waals surface area contributed by atoms with Crippen LogP contribution in [0, 0.1) is 0 Å². The summed E-state index contributed by atoms with van der Waals surface area (Å²) < 4.78 is 2.19. The van der Waals surface area contributed by atoms with Crippen molar-refractivity contribution in [3.05, 3.63) is 52.1 Å². The molecule has 2 heterocycles. The molecule has 0 fully saturated rings. The van der Waals surface area contributed by atoms with Crippen LogP contribution in [0.25, 0.3) is 10.9 Å². The third-order valence-electron chi connectivity index (χ3n) is 2.57. The lowest BCUT2D eigenvalue weighted by Gasteiger charge is -2.03. The molecule has 3 aromatic rings. The summed E-state index contributed by atoms with van der Waals surface area (Å²) in [4.78, 5) is 5.33. The highest BCUT2D eigenvalue weighted by Gasteiger charge is 2.04. The van der Waals surface area contributed by atoms with Crippen LogP contribution in [0.15, 0.2) is 42.2 Å². The van der Waals surface area contributed by atoms with Gasteiger partial charge in [0.2, 0.25) is 0 Å². The minimum absolute atomic E-state index is 0.806. The minimum atomic E-state index is 0.806. The van der Waals surface area contributed by atoms with Crippen LogP contribution in [0.4, 0.5) is 0 Å². The van der Waals surface area contributed by atoms with Gasteiger partial charge in [-0.3, -0.25) is 4.98 Å². The molecule has 2 nitrogen and oxygen atoms in total. The lowest BCUT2D eigenvalue weighted by Crippen LogP contribution is -1.95. The molecule has 0 unspecified atom stereocenters. The molecule has 3 rings (SSSR count). The minimum Gasteiger partial charge on any atom is -0.342 e. The normalized spacial score (nSPS) is 11.1. The van der Waals surface area contributed by atoms with Gasteiger partial charge in [-0.15, -0.1) is 11.3 Å². The molecule has 0 saturated heterocycles. The summed E-state index contributed by atoms with van der Waals surface area (Å²) in [6, 6.07) is 8.04. The zero-order valence-electron chi connectivity index (χ0n) is 8.43. The summed E-state index contributed by atoms with van der Waals surface area (Å²) >= 11 is 7.80. The second-order valence-electron chi connectivity index (χ2n) is 3.58. The van der Waals surface area contributed by atoms with Crippen molar-refractivity contribution in [3.63, 3.8) is 0 Å². The maximum Gasteiger partial charge on any atom is 0.0794 e. The maximum atomic E-state index is 6.13. The van der Waals surface area contributed by atoms with Gasteiger partial charge in [-0.05, 0) is 18.2 Å². The number of aromatic nitrogens is 2. The van der Waals surface area contributed by atoms with E-state index in [2.05, 4.69) is 27.9 Å². The fourth-order valence-electron chi connectivity index (χ4n) is 1.81. The highest BCUT2D eigenvalue weighted by molar-refractivity contribution is 7.09. The Bertz CT molecular complexity index is 613. The molecular formula is C12H9ClN2S. The van der Waals surface area contributed by atoms with Crippen LogP contribution in [0.1, 0.15) is 4.88 Å². The van der Waals surface area contributed by atoms with Gasteiger partial charge in [-0.25, -0.2) is 0 Å². The zero-order valence-corrected chi connectivity index (χ0v) is 10.0. The second-order valence-corrected chi connectivity index (χ2v) is 4.96. The molecule has 0 N–H and O–H groups in total. The fourth-order valence-corrected chi connectivity index (χ4v) is 2.64. The first-order valence-electron chi connectivity index (χ1n) is 4.95. The van der Waals surface area contributed by atoms with Gasteiger partial charge in [0, 0.05) is 33.2 Å². The van der Waals surface area contributed by atoms with E-state index in [-0.39, 0.29) is 0 Å². The lowest BCUT2D eigenvalue weighted by molar-refractivity contribution is 0.849. The number of rotatable bonds is 2. The Labute approximate surface area is 102 Å². The number of nitrogens with zero attached hydrogens (tertiary/aromatic N) is 2. The Balaban J connectivity index is 2.08. The van der Waals surface area contributed by atoms with Crippen LogP contribution in [0.2, 0.25) is 5.02 Å². The number of thiazole rings is 1. The van der Waals surface area contributed by atoms with Crippen molar-refractivity contribution in [2.45, 2.75) is 6.54 Å². The average molecular weight is 249 g/mol. The molecule has 80 valence electrons. The van der Waals surface area contributed by atoms with Crippen molar-refractivity contribution < 1.29 is 0 Å². The first-order chi connectivity index (χ1) is 7.84. The van der Waals surface area contributed by atoms with Crippen molar-refractivity contribution in [2.75, 3.05) is 0 Å².